The van der Waals surface area contributed by atoms with Gasteiger partial charge >= 0.3 is 6.03 Å². The molecular weight excluding hydrogens is 283 g/mol. The lowest BCUT2D eigenvalue weighted by molar-refractivity contribution is 0.262. The summed E-state index contributed by atoms with van der Waals surface area (Å²) in [6.45, 7) is 1.58. The molecular formula is C16H15FN4O. The van der Waals surface area contributed by atoms with Crippen molar-refractivity contribution in [2.24, 2.45) is 4.99 Å². The van der Waals surface area contributed by atoms with Gasteiger partial charge in [0.2, 0.25) is 0 Å². The Morgan fingerprint density at radius 3 is 2.50 bits per heavy atom. The van der Waals surface area contributed by atoms with E-state index in [4.69, 9.17) is 0 Å². The molecule has 2 aromatic carbocycles. The van der Waals surface area contributed by atoms with Crippen LogP contribution in [0.1, 0.15) is 5.56 Å². The number of benzene rings is 2. The van der Waals surface area contributed by atoms with Crippen LogP contribution in [0.25, 0.3) is 0 Å². The number of rotatable bonds is 3. The largest absolute Gasteiger partial charge is 0.368 e. The second-order valence-electron chi connectivity index (χ2n) is 4.83. The van der Waals surface area contributed by atoms with Gasteiger partial charge < -0.3 is 16.0 Å². The Morgan fingerprint density at radius 1 is 1.09 bits per heavy atom. The monoisotopic (exact) mass is 298 g/mol. The molecule has 112 valence electrons. The number of carbonyl (C=O) groups is 1. The van der Waals surface area contributed by atoms with Crippen molar-refractivity contribution in [2.75, 3.05) is 23.7 Å². The Labute approximate surface area is 127 Å². The molecule has 6 heteroatoms. The lowest BCUT2D eigenvalue weighted by Crippen LogP contribution is -2.21. The summed E-state index contributed by atoms with van der Waals surface area (Å²) in [7, 11) is 0. The summed E-state index contributed by atoms with van der Waals surface area (Å²) in [6, 6.07) is 12.7. The maximum Gasteiger partial charge on any atom is 0.323 e. The Kier molecular flexibility index (Phi) is 4.00. The molecule has 0 fully saturated rings. The summed E-state index contributed by atoms with van der Waals surface area (Å²) in [5, 5.41) is 8.48. The van der Waals surface area contributed by atoms with E-state index in [0.717, 1.165) is 24.5 Å². The van der Waals surface area contributed by atoms with Crippen LogP contribution in [-0.4, -0.2) is 25.0 Å². The fourth-order valence-electron chi connectivity index (χ4n) is 2.20. The Balaban J connectivity index is 1.67. The quantitative estimate of drug-likeness (QED) is 0.816. The zero-order valence-corrected chi connectivity index (χ0v) is 11.8. The number of anilines is 2. The lowest BCUT2D eigenvalue weighted by atomic mass is 10.2. The Morgan fingerprint density at radius 2 is 1.82 bits per heavy atom. The topological polar surface area (TPSA) is 65.5 Å². The van der Waals surface area contributed by atoms with E-state index >= 15 is 0 Å². The van der Waals surface area contributed by atoms with Gasteiger partial charge in [-0.1, -0.05) is 18.2 Å². The van der Waals surface area contributed by atoms with E-state index in [2.05, 4.69) is 20.9 Å². The molecule has 0 aromatic heterocycles. The van der Waals surface area contributed by atoms with E-state index < -0.39 is 11.8 Å². The molecule has 1 aliphatic heterocycles. The number of aliphatic imine (C=N–C) groups is 1. The van der Waals surface area contributed by atoms with Crippen molar-refractivity contribution in [2.45, 2.75) is 0 Å². The van der Waals surface area contributed by atoms with Crippen molar-refractivity contribution in [3.05, 3.63) is 59.9 Å². The smallest absolute Gasteiger partial charge is 0.323 e. The standard InChI is InChI=1S/C16H15FN4O/c17-12-4-2-6-14(10-12)21-16(22)20-13-5-1-3-11(9-13)15-18-7-8-19-15/h1-6,9-10H,7-8H2,(H,18,19)(H2,20,21,22). The molecule has 0 unspecified atom stereocenters. The first-order valence-electron chi connectivity index (χ1n) is 6.93. The maximum atomic E-state index is 13.1. The summed E-state index contributed by atoms with van der Waals surface area (Å²) in [6.07, 6.45) is 0. The number of halogens is 1. The van der Waals surface area contributed by atoms with Gasteiger partial charge in [-0.2, -0.15) is 0 Å². The van der Waals surface area contributed by atoms with E-state index in [1.54, 1.807) is 12.1 Å². The van der Waals surface area contributed by atoms with E-state index in [9.17, 15) is 9.18 Å². The number of carbonyl (C=O) groups excluding carboxylic acids is 1. The van der Waals surface area contributed by atoms with E-state index in [0.29, 0.717) is 11.4 Å². The van der Waals surface area contributed by atoms with Gasteiger partial charge in [0.25, 0.3) is 0 Å². The molecule has 1 aliphatic rings. The molecule has 0 aliphatic carbocycles. The van der Waals surface area contributed by atoms with Gasteiger partial charge in [-0.05, 0) is 30.3 Å². The molecule has 0 atom stereocenters. The van der Waals surface area contributed by atoms with Crippen molar-refractivity contribution in [1.82, 2.24) is 5.32 Å². The first-order valence-corrected chi connectivity index (χ1v) is 6.93. The van der Waals surface area contributed by atoms with Crippen molar-refractivity contribution < 1.29 is 9.18 Å². The molecule has 0 spiro atoms. The minimum Gasteiger partial charge on any atom is -0.368 e. The van der Waals surface area contributed by atoms with Crippen molar-refractivity contribution >= 4 is 23.2 Å². The van der Waals surface area contributed by atoms with Crippen LogP contribution in [0.3, 0.4) is 0 Å². The first-order chi connectivity index (χ1) is 10.7. The SMILES string of the molecule is O=C(Nc1cccc(F)c1)Nc1cccc(C2=NCCN2)c1. The zero-order chi connectivity index (χ0) is 15.4. The van der Waals surface area contributed by atoms with Crippen LogP contribution in [-0.2, 0) is 0 Å². The second kappa shape index (κ2) is 6.26. The number of amides is 2. The van der Waals surface area contributed by atoms with Gasteiger partial charge in [-0.25, -0.2) is 9.18 Å². The van der Waals surface area contributed by atoms with E-state index in [1.165, 1.54) is 18.2 Å². The fraction of sp³-hybridized carbons (Fsp3) is 0.125. The van der Waals surface area contributed by atoms with Crippen molar-refractivity contribution in [3.63, 3.8) is 0 Å². The molecule has 1 heterocycles. The molecule has 0 radical (unpaired) electrons. The molecule has 0 saturated heterocycles. The van der Waals surface area contributed by atoms with Crippen LogP contribution >= 0.6 is 0 Å². The molecule has 0 bridgehead atoms. The second-order valence-corrected chi connectivity index (χ2v) is 4.83. The van der Waals surface area contributed by atoms with Gasteiger partial charge in [0.05, 0.1) is 6.54 Å². The third-order valence-corrected chi connectivity index (χ3v) is 3.15. The summed E-state index contributed by atoms with van der Waals surface area (Å²) < 4.78 is 13.1. The highest BCUT2D eigenvalue weighted by Gasteiger charge is 2.09. The van der Waals surface area contributed by atoms with Crippen molar-refractivity contribution in [3.8, 4) is 0 Å². The van der Waals surface area contributed by atoms with Gasteiger partial charge in [0.1, 0.15) is 11.7 Å². The van der Waals surface area contributed by atoms with E-state index in [1.807, 2.05) is 18.2 Å². The third kappa shape index (κ3) is 3.41. The number of hydrogen-bond donors (Lipinski definition) is 3. The summed E-state index contributed by atoms with van der Waals surface area (Å²) in [5.74, 6) is 0.430. The number of amidine groups is 1. The fourth-order valence-corrected chi connectivity index (χ4v) is 2.20. The molecule has 0 saturated carbocycles. The molecule has 22 heavy (non-hydrogen) atoms. The molecule has 3 N–H and O–H groups in total. The Hall–Kier alpha value is -2.89. The first kappa shape index (κ1) is 14.1. The van der Waals surface area contributed by atoms with Crippen LogP contribution in [0.15, 0.2) is 53.5 Å². The summed E-state index contributed by atoms with van der Waals surface area (Å²) in [4.78, 5) is 16.3. The lowest BCUT2D eigenvalue weighted by Gasteiger charge is -2.09. The molecule has 3 rings (SSSR count). The highest BCUT2D eigenvalue weighted by Crippen LogP contribution is 2.14. The van der Waals surface area contributed by atoms with Crippen LogP contribution in [0.4, 0.5) is 20.6 Å². The average molecular weight is 298 g/mol. The van der Waals surface area contributed by atoms with Crippen LogP contribution in [0, 0.1) is 5.82 Å². The van der Waals surface area contributed by atoms with Crippen LogP contribution in [0.2, 0.25) is 0 Å². The van der Waals surface area contributed by atoms with Gasteiger partial charge in [0.15, 0.2) is 0 Å². The van der Waals surface area contributed by atoms with Crippen molar-refractivity contribution in [1.29, 1.82) is 0 Å². The predicted octanol–water partition coefficient (Wildman–Crippen LogP) is 2.82. The normalized spacial score (nSPS) is 13.2. The Bertz CT molecular complexity index is 730. The van der Waals surface area contributed by atoms with Gasteiger partial charge in [-0.3, -0.25) is 4.99 Å². The number of nitrogens with zero attached hydrogens (tertiary/aromatic N) is 1. The maximum absolute atomic E-state index is 13.1. The average Bonchev–Trinajstić information content (AvgIpc) is 3.01. The number of urea groups is 1. The minimum atomic E-state index is -0.427. The number of hydrogen-bond acceptors (Lipinski definition) is 3. The highest BCUT2D eigenvalue weighted by molar-refractivity contribution is 6.03. The molecule has 2 amide bonds. The van der Waals surface area contributed by atoms with Crippen LogP contribution in [0.5, 0.6) is 0 Å². The summed E-state index contributed by atoms with van der Waals surface area (Å²) >= 11 is 0. The van der Waals surface area contributed by atoms with E-state index in [-0.39, 0.29) is 0 Å². The summed E-state index contributed by atoms with van der Waals surface area (Å²) in [5.41, 5.74) is 1.96. The molecule has 2 aromatic rings. The number of nitrogens with one attached hydrogen (secondary N) is 3. The van der Waals surface area contributed by atoms with Gasteiger partial charge in [-0.15, -0.1) is 0 Å². The highest BCUT2D eigenvalue weighted by atomic mass is 19.1. The predicted molar refractivity (Wildman–Crippen MR) is 84.9 cm³/mol. The zero-order valence-electron chi connectivity index (χ0n) is 11.8. The van der Waals surface area contributed by atoms with Crippen LogP contribution < -0.4 is 16.0 Å². The van der Waals surface area contributed by atoms with Gasteiger partial charge in [0, 0.05) is 23.5 Å². The molecule has 5 nitrogen and oxygen atoms in total. The third-order valence-electron chi connectivity index (χ3n) is 3.15. The minimum absolute atomic E-state index is 0.398.